The summed E-state index contributed by atoms with van der Waals surface area (Å²) in [5, 5.41) is 7.39. The lowest BCUT2D eigenvalue weighted by Gasteiger charge is -2.35. The number of aromatic nitrogens is 2. The monoisotopic (exact) mass is 459 g/mol. The summed E-state index contributed by atoms with van der Waals surface area (Å²) in [7, 11) is 0. The molecule has 1 N–H and O–H groups in total. The number of carbonyl (C=O) groups excluding carboxylic acids is 1. The maximum Gasteiger partial charge on any atom is 0.262 e. The number of anilines is 1. The molecular weight excluding hydrogens is 426 g/mol. The summed E-state index contributed by atoms with van der Waals surface area (Å²) in [6.07, 6.45) is 8.10. The fourth-order valence-corrected chi connectivity index (χ4v) is 4.80. The van der Waals surface area contributed by atoms with E-state index >= 15 is 0 Å². The number of hydrogen-bond donors (Lipinski definition) is 1. The number of nitrogens with zero attached hydrogens (tertiary/aromatic N) is 4. The predicted molar refractivity (Wildman–Crippen MR) is 133 cm³/mol. The summed E-state index contributed by atoms with van der Waals surface area (Å²) in [5.74, 6) is 0.725. The van der Waals surface area contributed by atoms with E-state index in [9.17, 15) is 4.79 Å². The van der Waals surface area contributed by atoms with E-state index in [0.717, 1.165) is 30.1 Å². The van der Waals surface area contributed by atoms with Gasteiger partial charge in [0, 0.05) is 25.5 Å². The average Bonchev–Trinajstić information content (AvgIpc) is 3.43. The van der Waals surface area contributed by atoms with Crippen LogP contribution in [0.25, 0.3) is 5.69 Å². The summed E-state index contributed by atoms with van der Waals surface area (Å²) >= 11 is 0. The Hall–Kier alpha value is -3.32. The topological polar surface area (TPSA) is 62.6 Å². The zero-order chi connectivity index (χ0) is 23.2. The third-order valence-electron chi connectivity index (χ3n) is 6.63. The Morgan fingerprint density at radius 3 is 2.65 bits per heavy atom. The first-order chi connectivity index (χ1) is 16.8. The molecule has 178 valence electrons. The third-order valence-corrected chi connectivity index (χ3v) is 6.63. The minimum atomic E-state index is -0.520. The van der Waals surface area contributed by atoms with Gasteiger partial charge in [-0.05, 0) is 74.8 Å². The Morgan fingerprint density at radius 2 is 1.85 bits per heavy atom. The molecule has 7 heteroatoms. The maximum absolute atomic E-state index is 12.9. The van der Waals surface area contributed by atoms with E-state index in [4.69, 9.17) is 4.74 Å². The van der Waals surface area contributed by atoms with Crippen LogP contribution in [-0.4, -0.2) is 59.4 Å². The first-order valence-electron chi connectivity index (χ1n) is 12.4. The molecule has 2 aromatic carbocycles. The van der Waals surface area contributed by atoms with Gasteiger partial charge in [-0.1, -0.05) is 30.7 Å². The highest BCUT2D eigenvalue weighted by atomic mass is 16.5. The maximum atomic E-state index is 12.9. The zero-order valence-electron chi connectivity index (χ0n) is 19.6. The molecular formula is C27H33N5O2. The number of carbonyl (C=O) groups is 1. The summed E-state index contributed by atoms with van der Waals surface area (Å²) < 4.78 is 7.95. The van der Waals surface area contributed by atoms with Gasteiger partial charge in [0.1, 0.15) is 5.75 Å². The van der Waals surface area contributed by atoms with Crippen LogP contribution in [0, 0.1) is 0 Å². The van der Waals surface area contributed by atoms with Crippen molar-refractivity contribution in [3.05, 3.63) is 72.6 Å². The first-order valence-corrected chi connectivity index (χ1v) is 12.4. The second-order valence-electron chi connectivity index (χ2n) is 9.12. The molecule has 3 heterocycles. The number of ether oxygens (including phenoxy) is 1. The highest BCUT2D eigenvalue weighted by Crippen LogP contribution is 2.34. The Balaban J connectivity index is 1.20. The number of rotatable bonds is 8. The van der Waals surface area contributed by atoms with E-state index in [1.165, 1.54) is 37.9 Å². The fourth-order valence-electron chi connectivity index (χ4n) is 4.80. The first kappa shape index (κ1) is 22.5. The van der Waals surface area contributed by atoms with Gasteiger partial charge in [0.25, 0.3) is 5.91 Å². The van der Waals surface area contributed by atoms with Gasteiger partial charge in [-0.15, -0.1) is 0 Å². The molecule has 0 radical (unpaired) electrons. The van der Waals surface area contributed by atoms with Gasteiger partial charge in [0.15, 0.2) is 6.10 Å². The Bertz CT molecular complexity index is 1060. The van der Waals surface area contributed by atoms with Crippen molar-refractivity contribution >= 4 is 11.6 Å². The van der Waals surface area contributed by atoms with Crippen molar-refractivity contribution in [1.29, 1.82) is 0 Å². The van der Waals surface area contributed by atoms with Crippen LogP contribution in [0.5, 0.6) is 5.75 Å². The number of amides is 1. The SMILES string of the molecule is O=C(NCCCN1CCCCC1)C1CN(Cc2ccc(-n3cccn3)cc2)c2ccccc2O1. The van der Waals surface area contributed by atoms with Crippen molar-refractivity contribution in [2.45, 2.75) is 38.3 Å². The minimum Gasteiger partial charge on any atom is -0.477 e. The number of hydrogen-bond acceptors (Lipinski definition) is 5. The van der Waals surface area contributed by atoms with Gasteiger partial charge in [0.2, 0.25) is 0 Å². The molecule has 1 unspecified atom stereocenters. The summed E-state index contributed by atoms with van der Waals surface area (Å²) in [6.45, 7) is 5.35. The molecule has 1 amide bonds. The summed E-state index contributed by atoms with van der Waals surface area (Å²) in [6, 6.07) is 18.3. The van der Waals surface area contributed by atoms with Gasteiger partial charge in [-0.3, -0.25) is 4.79 Å². The molecule has 7 nitrogen and oxygen atoms in total. The lowest BCUT2D eigenvalue weighted by atomic mass is 10.1. The van der Waals surface area contributed by atoms with Crippen LogP contribution >= 0.6 is 0 Å². The number of likely N-dealkylation sites (tertiary alicyclic amines) is 1. The normalized spacial score (nSPS) is 18.2. The Kier molecular flexibility index (Phi) is 7.10. The molecule has 1 fully saturated rings. The van der Waals surface area contributed by atoms with Gasteiger partial charge in [0.05, 0.1) is 17.9 Å². The van der Waals surface area contributed by atoms with Crippen LogP contribution in [0.2, 0.25) is 0 Å². The third kappa shape index (κ3) is 5.42. The van der Waals surface area contributed by atoms with Crippen molar-refractivity contribution < 1.29 is 9.53 Å². The van der Waals surface area contributed by atoms with E-state index in [2.05, 4.69) is 50.5 Å². The number of piperidine rings is 1. The van der Waals surface area contributed by atoms with Crippen molar-refractivity contribution in [3.63, 3.8) is 0 Å². The Labute approximate surface area is 201 Å². The molecule has 2 aliphatic heterocycles. The van der Waals surface area contributed by atoms with Crippen molar-refractivity contribution in [1.82, 2.24) is 20.0 Å². The fraction of sp³-hybridized carbons (Fsp3) is 0.407. The van der Waals surface area contributed by atoms with Crippen molar-refractivity contribution in [3.8, 4) is 11.4 Å². The highest BCUT2D eigenvalue weighted by Gasteiger charge is 2.30. The number of fused-ring (bicyclic) bond motifs is 1. The second-order valence-corrected chi connectivity index (χ2v) is 9.12. The smallest absolute Gasteiger partial charge is 0.262 e. The predicted octanol–water partition coefficient (Wildman–Crippen LogP) is 3.63. The second kappa shape index (κ2) is 10.7. The minimum absolute atomic E-state index is 0.0350. The molecule has 1 saturated heterocycles. The summed E-state index contributed by atoms with van der Waals surface area (Å²) in [5.41, 5.74) is 3.22. The van der Waals surface area contributed by atoms with Crippen LogP contribution in [0.1, 0.15) is 31.2 Å². The summed E-state index contributed by atoms with van der Waals surface area (Å²) in [4.78, 5) is 17.7. The van der Waals surface area contributed by atoms with Gasteiger partial charge >= 0.3 is 0 Å². The molecule has 1 atom stereocenters. The quantitative estimate of drug-likeness (QED) is 0.521. The van der Waals surface area contributed by atoms with Crippen LogP contribution in [0.3, 0.4) is 0 Å². The average molecular weight is 460 g/mol. The molecule has 3 aromatic rings. The van der Waals surface area contributed by atoms with Crippen molar-refractivity contribution in [2.24, 2.45) is 0 Å². The van der Waals surface area contributed by atoms with E-state index < -0.39 is 6.10 Å². The molecule has 1 aromatic heterocycles. The van der Waals surface area contributed by atoms with E-state index in [1.54, 1.807) is 6.20 Å². The van der Waals surface area contributed by atoms with Gasteiger partial charge < -0.3 is 19.9 Å². The van der Waals surface area contributed by atoms with Gasteiger partial charge in [-0.2, -0.15) is 5.10 Å². The molecule has 34 heavy (non-hydrogen) atoms. The van der Waals surface area contributed by atoms with E-state index in [0.29, 0.717) is 19.6 Å². The van der Waals surface area contributed by atoms with Crippen LogP contribution < -0.4 is 15.0 Å². The number of benzene rings is 2. The van der Waals surface area contributed by atoms with Crippen LogP contribution in [0.4, 0.5) is 5.69 Å². The lowest BCUT2D eigenvalue weighted by Crippen LogP contribution is -2.49. The van der Waals surface area contributed by atoms with Crippen LogP contribution in [0.15, 0.2) is 67.0 Å². The molecule has 5 rings (SSSR count). The zero-order valence-corrected chi connectivity index (χ0v) is 19.6. The Morgan fingerprint density at radius 1 is 1.03 bits per heavy atom. The van der Waals surface area contributed by atoms with Crippen molar-refractivity contribution in [2.75, 3.05) is 37.6 Å². The molecule has 2 aliphatic rings. The number of nitrogens with one attached hydrogen (secondary N) is 1. The number of para-hydroxylation sites is 2. The molecule has 0 spiro atoms. The molecule has 0 bridgehead atoms. The van der Waals surface area contributed by atoms with E-state index in [-0.39, 0.29) is 5.91 Å². The highest BCUT2D eigenvalue weighted by molar-refractivity contribution is 5.83. The van der Waals surface area contributed by atoms with Crippen LogP contribution in [-0.2, 0) is 11.3 Å². The lowest BCUT2D eigenvalue weighted by molar-refractivity contribution is -0.127. The molecule has 0 saturated carbocycles. The van der Waals surface area contributed by atoms with Gasteiger partial charge in [-0.25, -0.2) is 4.68 Å². The standard InChI is InChI=1S/C27H33N5O2/c33-27(28-14-6-18-30-16-4-1-5-17-30)26-21-31(24-8-2-3-9-25(24)34-26)20-22-10-12-23(13-11-22)32-19-7-15-29-32/h2-3,7-13,15,19,26H,1,4-6,14,16-18,20-21H2,(H,28,33). The largest absolute Gasteiger partial charge is 0.477 e. The molecule has 0 aliphatic carbocycles. The van der Waals surface area contributed by atoms with E-state index in [1.807, 2.05) is 35.1 Å².